The number of aromatic nitrogens is 2. The average Bonchev–Trinajstić information content (AvgIpc) is 2.67. The first-order chi connectivity index (χ1) is 12.5. The Morgan fingerprint density at radius 1 is 1.42 bits per heavy atom. The van der Waals surface area contributed by atoms with Crippen molar-refractivity contribution in [3.05, 3.63) is 47.2 Å². The SMILES string of the molecule is CCc1cnc(C)nc1N1CCC[C@@H](C(=O)c2ccc(OC)c(F)c2)C1. The van der Waals surface area contributed by atoms with Gasteiger partial charge in [-0.3, -0.25) is 4.79 Å². The minimum Gasteiger partial charge on any atom is -0.494 e. The maximum atomic E-state index is 14.0. The molecule has 0 saturated carbocycles. The van der Waals surface area contributed by atoms with Gasteiger partial charge in [-0.05, 0) is 44.4 Å². The number of Topliss-reactive ketones (excluding diaryl/α,β-unsaturated/α-hetero) is 1. The number of ether oxygens (including phenoxy) is 1. The number of piperidine rings is 1. The van der Waals surface area contributed by atoms with Crippen molar-refractivity contribution in [3.8, 4) is 5.75 Å². The van der Waals surface area contributed by atoms with Gasteiger partial charge in [0.05, 0.1) is 7.11 Å². The Labute approximate surface area is 153 Å². The highest BCUT2D eigenvalue weighted by Gasteiger charge is 2.28. The number of carbonyl (C=O) groups excluding carboxylic acids is 1. The summed E-state index contributed by atoms with van der Waals surface area (Å²) in [6.45, 7) is 5.40. The molecule has 26 heavy (non-hydrogen) atoms. The number of nitrogens with zero attached hydrogens (tertiary/aromatic N) is 3. The summed E-state index contributed by atoms with van der Waals surface area (Å²) in [6, 6.07) is 4.41. The fourth-order valence-corrected chi connectivity index (χ4v) is 3.45. The maximum absolute atomic E-state index is 14.0. The third kappa shape index (κ3) is 3.69. The van der Waals surface area contributed by atoms with E-state index in [1.807, 2.05) is 13.1 Å². The van der Waals surface area contributed by atoms with E-state index in [1.165, 1.54) is 19.2 Å². The lowest BCUT2D eigenvalue weighted by Crippen LogP contribution is -2.40. The van der Waals surface area contributed by atoms with Gasteiger partial charge >= 0.3 is 0 Å². The van der Waals surface area contributed by atoms with Crippen LogP contribution in [0.4, 0.5) is 10.2 Å². The van der Waals surface area contributed by atoms with Gasteiger partial charge in [-0.25, -0.2) is 14.4 Å². The second-order valence-corrected chi connectivity index (χ2v) is 6.62. The Bertz CT molecular complexity index is 810. The Morgan fingerprint density at radius 2 is 2.23 bits per heavy atom. The van der Waals surface area contributed by atoms with Gasteiger partial charge in [-0.15, -0.1) is 0 Å². The van der Waals surface area contributed by atoms with Crippen molar-refractivity contribution in [2.45, 2.75) is 33.1 Å². The van der Waals surface area contributed by atoms with E-state index in [2.05, 4.69) is 21.8 Å². The number of benzene rings is 1. The second kappa shape index (κ2) is 7.81. The van der Waals surface area contributed by atoms with Crippen LogP contribution < -0.4 is 9.64 Å². The molecule has 2 aromatic rings. The van der Waals surface area contributed by atoms with E-state index in [4.69, 9.17) is 4.74 Å². The average molecular weight is 357 g/mol. The molecular weight excluding hydrogens is 333 g/mol. The number of methoxy groups -OCH3 is 1. The van der Waals surface area contributed by atoms with Gasteiger partial charge in [-0.1, -0.05) is 6.92 Å². The summed E-state index contributed by atoms with van der Waals surface area (Å²) >= 11 is 0. The predicted octanol–water partition coefficient (Wildman–Crippen LogP) is 3.59. The smallest absolute Gasteiger partial charge is 0.167 e. The molecule has 1 aromatic carbocycles. The Hall–Kier alpha value is -2.50. The molecule has 1 aliphatic heterocycles. The van der Waals surface area contributed by atoms with Crippen molar-refractivity contribution >= 4 is 11.6 Å². The molecule has 0 spiro atoms. The minimum absolute atomic E-state index is 0.0277. The van der Waals surface area contributed by atoms with Crippen molar-refractivity contribution in [2.24, 2.45) is 5.92 Å². The van der Waals surface area contributed by atoms with Crippen LogP contribution in [0.2, 0.25) is 0 Å². The van der Waals surface area contributed by atoms with Crippen molar-refractivity contribution < 1.29 is 13.9 Å². The van der Waals surface area contributed by atoms with E-state index in [9.17, 15) is 9.18 Å². The van der Waals surface area contributed by atoms with Crippen LogP contribution in [0.5, 0.6) is 5.75 Å². The molecule has 3 rings (SSSR count). The molecule has 0 amide bonds. The van der Waals surface area contributed by atoms with Crippen molar-refractivity contribution in [1.82, 2.24) is 9.97 Å². The normalized spacial score (nSPS) is 17.2. The van der Waals surface area contributed by atoms with E-state index >= 15 is 0 Å². The summed E-state index contributed by atoms with van der Waals surface area (Å²) in [7, 11) is 1.41. The summed E-state index contributed by atoms with van der Waals surface area (Å²) in [5.74, 6) is 1.08. The summed E-state index contributed by atoms with van der Waals surface area (Å²) < 4.78 is 18.9. The molecule has 6 heteroatoms. The first kappa shape index (κ1) is 18.3. The quantitative estimate of drug-likeness (QED) is 0.766. The molecule has 0 aliphatic carbocycles. The summed E-state index contributed by atoms with van der Waals surface area (Å²) in [6.07, 6.45) is 4.41. The van der Waals surface area contributed by atoms with Crippen LogP contribution in [0, 0.1) is 18.7 Å². The van der Waals surface area contributed by atoms with Crippen LogP contribution in [-0.2, 0) is 6.42 Å². The van der Waals surface area contributed by atoms with Crippen molar-refractivity contribution in [3.63, 3.8) is 0 Å². The number of halogens is 1. The number of aryl methyl sites for hydroxylation is 2. The van der Waals surface area contributed by atoms with Gasteiger partial charge in [0.15, 0.2) is 17.3 Å². The zero-order valence-electron chi connectivity index (χ0n) is 15.5. The lowest BCUT2D eigenvalue weighted by atomic mass is 9.89. The van der Waals surface area contributed by atoms with Crippen LogP contribution in [0.1, 0.15) is 41.5 Å². The topological polar surface area (TPSA) is 55.3 Å². The lowest BCUT2D eigenvalue weighted by molar-refractivity contribution is 0.0906. The zero-order chi connectivity index (χ0) is 18.7. The number of hydrogen-bond acceptors (Lipinski definition) is 5. The highest BCUT2D eigenvalue weighted by atomic mass is 19.1. The molecule has 0 N–H and O–H groups in total. The van der Waals surface area contributed by atoms with Crippen LogP contribution >= 0.6 is 0 Å². The Kier molecular flexibility index (Phi) is 5.49. The Balaban J connectivity index is 1.81. The van der Waals surface area contributed by atoms with Crippen LogP contribution in [0.25, 0.3) is 0 Å². The van der Waals surface area contributed by atoms with Gasteiger partial charge in [0.1, 0.15) is 11.6 Å². The molecule has 0 radical (unpaired) electrons. The predicted molar refractivity (Wildman–Crippen MR) is 98.4 cm³/mol. The molecule has 1 atom stereocenters. The van der Waals surface area contributed by atoms with E-state index in [1.54, 1.807) is 6.07 Å². The monoisotopic (exact) mass is 357 g/mol. The van der Waals surface area contributed by atoms with Crippen LogP contribution in [0.3, 0.4) is 0 Å². The molecule has 1 fully saturated rings. The largest absolute Gasteiger partial charge is 0.494 e. The molecule has 138 valence electrons. The van der Waals surface area contributed by atoms with Crippen LogP contribution in [0.15, 0.2) is 24.4 Å². The molecule has 0 bridgehead atoms. The maximum Gasteiger partial charge on any atom is 0.167 e. The van der Waals surface area contributed by atoms with Gasteiger partial charge in [0.2, 0.25) is 0 Å². The summed E-state index contributed by atoms with van der Waals surface area (Å²) in [5, 5.41) is 0. The highest BCUT2D eigenvalue weighted by Crippen LogP contribution is 2.28. The number of ketones is 1. The molecule has 0 unspecified atom stereocenters. The second-order valence-electron chi connectivity index (χ2n) is 6.62. The zero-order valence-corrected chi connectivity index (χ0v) is 15.5. The lowest BCUT2D eigenvalue weighted by Gasteiger charge is -2.34. The highest BCUT2D eigenvalue weighted by molar-refractivity contribution is 5.98. The minimum atomic E-state index is -0.509. The van der Waals surface area contributed by atoms with Gasteiger partial charge < -0.3 is 9.64 Å². The molecule has 2 heterocycles. The first-order valence-corrected chi connectivity index (χ1v) is 8.98. The third-order valence-electron chi connectivity index (χ3n) is 4.87. The molecule has 1 saturated heterocycles. The molecule has 1 aromatic heterocycles. The van der Waals surface area contributed by atoms with E-state index in [0.717, 1.165) is 43.0 Å². The third-order valence-corrected chi connectivity index (χ3v) is 4.87. The van der Waals surface area contributed by atoms with Gasteiger partial charge in [0.25, 0.3) is 0 Å². The number of hydrogen-bond donors (Lipinski definition) is 0. The van der Waals surface area contributed by atoms with Crippen molar-refractivity contribution in [2.75, 3.05) is 25.1 Å². The molecular formula is C20H24FN3O2. The number of rotatable bonds is 5. The van der Waals surface area contributed by atoms with E-state index in [-0.39, 0.29) is 17.5 Å². The van der Waals surface area contributed by atoms with Gasteiger partial charge in [-0.2, -0.15) is 0 Å². The van der Waals surface area contributed by atoms with E-state index in [0.29, 0.717) is 12.1 Å². The first-order valence-electron chi connectivity index (χ1n) is 8.98. The molecule has 5 nitrogen and oxygen atoms in total. The Morgan fingerprint density at radius 3 is 2.92 bits per heavy atom. The van der Waals surface area contributed by atoms with Crippen LogP contribution in [-0.4, -0.2) is 36.0 Å². The fourth-order valence-electron chi connectivity index (χ4n) is 3.45. The van der Waals surface area contributed by atoms with E-state index < -0.39 is 5.82 Å². The summed E-state index contributed by atoms with van der Waals surface area (Å²) in [5.41, 5.74) is 1.48. The van der Waals surface area contributed by atoms with Crippen molar-refractivity contribution in [1.29, 1.82) is 0 Å². The summed E-state index contributed by atoms with van der Waals surface area (Å²) in [4.78, 5) is 23.9. The van der Waals surface area contributed by atoms with Gasteiger partial charge in [0, 0.05) is 36.3 Å². The fraction of sp³-hybridized carbons (Fsp3) is 0.450. The number of carbonyl (C=O) groups is 1. The number of anilines is 1. The standard InChI is InChI=1S/C20H24FN3O2/c1-4-14-11-22-13(2)23-20(14)24-9-5-6-16(12-24)19(25)15-7-8-18(26-3)17(21)10-15/h7-8,10-11,16H,4-6,9,12H2,1-3H3/t16-/m1/s1. The molecule has 1 aliphatic rings.